The van der Waals surface area contributed by atoms with Crippen LogP contribution in [0.3, 0.4) is 0 Å². The SMILES string of the molecule is CC(C)N1CC(C)(C)N(N)C(C)(C)C1. The van der Waals surface area contributed by atoms with E-state index in [9.17, 15) is 0 Å². The predicted octanol–water partition coefficient (Wildman–Crippen LogP) is 1.44. The molecule has 1 fully saturated rings. The fourth-order valence-corrected chi connectivity index (χ4v) is 2.39. The van der Waals surface area contributed by atoms with Crippen molar-refractivity contribution in [3.63, 3.8) is 0 Å². The van der Waals surface area contributed by atoms with Crippen molar-refractivity contribution >= 4 is 0 Å². The normalized spacial score (nSPS) is 28.3. The number of rotatable bonds is 1. The zero-order chi connectivity index (χ0) is 11.1. The Labute approximate surface area is 88.2 Å². The van der Waals surface area contributed by atoms with E-state index in [-0.39, 0.29) is 11.1 Å². The van der Waals surface area contributed by atoms with Gasteiger partial charge in [0, 0.05) is 30.2 Å². The summed E-state index contributed by atoms with van der Waals surface area (Å²) < 4.78 is 0. The monoisotopic (exact) mass is 199 g/mol. The minimum atomic E-state index is 0.0615. The van der Waals surface area contributed by atoms with Crippen LogP contribution >= 0.6 is 0 Å². The van der Waals surface area contributed by atoms with Gasteiger partial charge in [-0.15, -0.1) is 0 Å². The van der Waals surface area contributed by atoms with Crippen molar-refractivity contribution in [2.24, 2.45) is 5.84 Å². The summed E-state index contributed by atoms with van der Waals surface area (Å²) in [6.45, 7) is 15.4. The van der Waals surface area contributed by atoms with Crippen molar-refractivity contribution in [1.29, 1.82) is 0 Å². The minimum Gasteiger partial charge on any atom is -0.297 e. The second-order valence-corrected chi connectivity index (χ2v) is 5.99. The van der Waals surface area contributed by atoms with Gasteiger partial charge in [-0.2, -0.15) is 0 Å². The van der Waals surface area contributed by atoms with Crippen LogP contribution in [0.15, 0.2) is 0 Å². The van der Waals surface area contributed by atoms with E-state index in [1.165, 1.54) is 0 Å². The Kier molecular flexibility index (Phi) is 2.96. The van der Waals surface area contributed by atoms with E-state index >= 15 is 0 Å². The summed E-state index contributed by atoms with van der Waals surface area (Å²) in [5, 5.41) is 2.01. The van der Waals surface area contributed by atoms with E-state index in [4.69, 9.17) is 5.84 Å². The number of nitrogens with two attached hydrogens (primary N) is 1. The van der Waals surface area contributed by atoms with Gasteiger partial charge >= 0.3 is 0 Å². The van der Waals surface area contributed by atoms with E-state index < -0.39 is 0 Å². The lowest BCUT2D eigenvalue weighted by molar-refractivity contribution is -0.0790. The number of hydrogen-bond donors (Lipinski definition) is 1. The number of nitrogens with zero attached hydrogens (tertiary/aromatic N) is 2. The molecule has 0 aliphatic carbocycles. The third-order valence-electron chi connectivity index (χ3n) is 3.21. The number of hydrogen-bond acceptors (Lipinski definition) is 3. The van der Waals surface area contributed by atoms with E-state index in [2.05, 4.69) is 46.4 Å². The Hall–Kier alpha value is -0.120. The average Bonchev–Trinajstić information content (AvgIpc) is 1.98. The first-order valence-electron chi connectivity index (χ1n) is 5.46. The third kappa shape index (κ3) is 2.10. The van der Waals surface area contributed by atoms with Gasteiger partial charge in [-0.1, -0.05) is 0 Å². The van der Waals surface area contributed by atoms with Crippen LogP contribution in [-0.2, 0) is 0 Å². The lowest BCUT2D eigenvalue weighted by atomic mass is 9.89. The summed E-state index contributed by atoms with van der Waals surface area (Å²) in [6.07, 6.45) is 0. The highest BCUT2D eigenvalue weighted by molar-refractivity contribution is 4.98. The maximum Gasteiger partial charge on any atom is 0.0429 e. The third-order valence-corrected chi connectivity index (χ3v) is 3.21. The molecule has 0 aromatic heterocycles. The van der Waals surface area contributed by atoms with Crippen LogP contribution in [0.25, 0.3) is 0 Å². The molecule has 3 nitrogen and oxygen atoms in total. The van der Waals surface area contributed by atoms with Crippen LogP contribution in [0, 0.1) is 0 Å². The molecule has 2 N–H and O–H groups in total. The molecule has 3 heteroatoms. The average molecular weight is 199 g/mol. The molecule has 1 aliphatic rings. The highest BCUT2D eigenvalue weighted by atomic mass is 15.5. The molecule has 14 heavy (non-hydrogen) atoms. The molecule has 1 heterocycles. The Balaban J connectivity index is 2.86. The molecule has 0 saturated carbocycles. The van der Waals surface area contributed by atoms with Crippen LogP contribution in [0.5, 0.6) is 0 Å². The van der Waals surface area contributed by atoms with Crippen molar-refractivity contribution in [3.8, 4) is 0 Å². The molecule has 84 valence electrons. The largest absolute Gasteiger partial charge is 0.297 e. The molecule has 0 unspecified atom stereocenters. The molecular formula is C11H25N3. The van der Waals surface area contributed by atoms with Gasteiger partial charge in [0.25, 0.3) is 0 Å². The predicted molar refractivity (Wildman–Crippen MR) is 60.9 cm³/mol. The molecular weight excluding hydrogens is 174 g/mol. The smallest absolute Gasteiger partial charge is 0.0429 e. The molecule has 0 amide bonds. The minimum absolute atomic E-state index is 0.0615. The lowest BCUT2D eigenvalue weighted by Gasteiger charge is -2.55. The Morgan fingerprint density at radius 3 is 1.64 bits per heavy atom. The van der Waals surface area contributed by atoms with Gasteiger partial charge in [0.1, 0.15) is 0 Å². The highest BCUT2D eigenvalue weighted by Crippen LogP contribution is 2.29. The van der Waals surface area contributed by atoms with Crippen LogP contribution < -0.4 is 5.84 Å². The van der Waals surface area contributed by atoms with Crippen LogP contribution in [0.1, 0.15) is 41.5 Å². The Morgan fingerprint density at radius 1 is 1.00 bits per heavy atom. The first-order valence-corrected chi connectivity index (χ1v) is 5.46. The standard InChI is InChI=1S/C11H25N3/c1-9(2)13-7-10(3,4)14(12)11(5,6)8-13/h9H,7-8,12H2,1-6H3. The summed E-state index contributed by atoms with van der Waals surface area (Å²) in [7, 11) is 0. The van der Waals surface area contributed by atoms with Crippen LogP contribution in [-0.4, -0.2) is 40.1 Å². The summed E-state index contributed by atoms with van der Waals surface area (Å²) in [4.78, 5) is 2.50. The zero-order valence-corrected chi connectivity index (χ0v) is 10.5. The summed E-state index contributed by atoms with van der Waals surface area (Å²) in [5.74, 6) is 6.16. The summed E-state index contributed by atoms with van der Waals surface area (Å²) in [5.41, 5.74) is 0.123. The maximum atomic E-state index is 6.16. The molecule has 0 radical (unpaired) electrons. The second-order valence-electron chi connectivity index (χ2n) is 5.99. The molecule has 0 aromatic carbocycles. The first kappa shape index (κ1) is 12.0. The van der Waals surface area contributed by atoms with Gasteiger partial charge in [-0.25, -0.2) is 5.01 Å². The second kappa shape index (κ2) is 3.47. The van der Waals surface area contributed by atoms with E-state index in [1.807, 2.05) is 5.01 Å². The summed E-state index contributed by atoms with van der Waals surface area (Å²) in [6, 6.07) is 0.599. The molecule has 0 aromatic rings. The first-order chi connectivity index (χ1) is 6.17. The Morgan fingerprint density at radius 2 is 1.36 bits per heavy atom. The number of piperazine rings is 1. The van der Waals surface area contributed by atoms with Gasteiger partial charge in [0.05, 0.1) is 0 Å². The van der Waals surface area contributed by atoms with Crippen LogP contribution in [0.2, 0.25) is 0 Å². The van der Waals surface area contributed by atoms with E-state index in [0.29, 0.717) is 6.04 Å². The molecule has 1 aliphatic heterocycles. The molecule has 1 rings (SSSR count). The molecule has 0 atom stereocenters. The van der Waals surface area contributed by atoms with Crippen molar-refractivity contribution in [2.45, 2.75) is 58.7 Å². The topological polar surface area (TPSA) is 32.5 Å². The van der Waals surface area contributed by atoms with Gasteiger partial charge in [-0.05, 0) is 41.5 Å². The zero-order valence-electron chi connectivity index (χ0n) is 10.5. The van der Waals surface area contributed by atoms with Crippen molar-refractivity contribution in [2.75, 3.05) is 13.1 Å². The highest BCUT2D eigenvalue weighted by Gasteiger charge is 2.43. The van der Waals surface area contributed by atoms with E-state index in [1.54, 1.807) is 0 Å². The molecule has 0 bridgehead atoms. The maximum absolute atomic E-state index is 6.16. The lowest BCUT2D eigenvalue weighted by Crippen LogP contribution is -2.71. The fourth-order valence-electron chi connectivity index (χ4n) is 2.39. The van der Waals surface area contributed by atoms with Crippen molar-refractivity contribution < 1.29 is 0 Å². The Bertz CT molecular complexity index is 191. The quantitative estimate of drug-likeness (QED) is 0.649. The fraction of sp³-hybridized carbons (Fsp3) is 1.00. The summed E-state index contributed by atoms with van der Waals surface area (Å²) >= 11 is 0. The van der Waals surface area contributed by atoms with Crippen LogP contribution in [0.4, 0.5) is 0 Å². The van der Waals surface area contributed by atoms with Gasteiger partial charge in [-0.3, -0.25) is 10.7 Å². The van der Waals surface area contributed by atoms with Gasteiger partial charge in [0.2, 0.25) is 0 Å². The molecule has 1 saturated heterocycles. The van der Waals surface area contributed by atoms with E-state index in [0.717, 1.165) is 13.1 Å². The van der Waals surface area contributed by atoms with Crippen molar-refractivity contribution in [3.05, 3.63) is 0 Å². The van der Waals surface area contributed by atoms with Gasteiger partial charge in [0.15, 0.2) is 0 Å². The number of hydrazine groups is 1. The van der Waals surface area contributed by atoms with Gasteiger partial charge < -0.3 is 0 Å². The van der Waals surface area contributed by atoms with Crippen molar-refractivity contribution in [1.82, 2.24) is 9.91 Å². The molecule has 0 spiro atoms.